The maximum Gasteiger partial charge on any atom is 0.319 e. The second-order valence-corrected chi connectivity index (χ2v) is 4.31. The Morgan fingerprint density at radius 2 is 2.38 bits per heavy atom. The van der Waals surface area contributed by atoms with Crippen molar-refractivity contribution in [3.05, 3.63) is 30.1 Å². The number of aromatic nitrogens is 1. The first-order chi connectivity index (χ1) is 7.70. The number of urea groups is 1. The molecule has 1 aliphatic heterocycles. The van der Waals surface area contributed by atoms with Crippen molar-refractivity contribution >= 4 is 6.03 Å². The van der Waals surface area contributed by atoms with Crippen molar-refractivity contribution in [1.82, 2.24) is 14.8 Å². The van der Waals surface area contributed by atoms with E-state index in [2.05, 4.69) is 4.98 Å². The topological polar surface area (TPSA) is 36.4 Å². The van der Waals surface area contributed by atoms with Gasteiger partial charge >= 0.3 is 6.03 Å². The summed E-state index contributed by atoms with van der Waals surface area (Å²) < 4.78 is 0. The summed E-state index contributed by atoms with van der Waals surface area (Å²) in [5, 5.41) is 0. The van der Waals surface area contributed by atoms with Gasteiger partial charge in [-0.05, 0) is 24.5 Å². The molecule has 0 bridgehead atoms. The van der Waals surface area contributed by atoms with Crippen LogP contribution in [0.2, 0.25) is 0 Å². The molecule has 0 radical (unpaired) electrons. The van der Waals surface area contributed by atoms with Gasteiger partial charge in [-0.25, -0.2) is 4.79 Å². The van der Waals surface area contributed by atoms with Crippen LogP contribution < -0.4 is 0 Å². The molecule has 1 unspecified atom stereocenters. The van der Waals surface area contributed by atoms with Crippen LogP contribution >= 0.6 is 0 Å². The average molecular weight is 219 g/mol. The second-order valence-electron chi connectivity index (χ2n) is 4.31. The van der Waals surface area contributed by atoms with Gasteiger partial charge in [0.1, 0.15) is 0 Å². The number of likely N-dealkylation sites (tertiary alicyclic amines) is 1. The number of nitrogens with zero attached hydrogens (tertiary/aromatic N) is 3. The molecule has 0 spiro atoms. The lowest BCUT2D eigenvalue weighted by Crippen LogP contribution is -2.38. The van der Waals surface area contributed by atoms with Crippen LogP contribution in [-0.4, -0.2) is 41.5 Å². The van der Waals surface area contributed by atoms with E-state index in [0.29, 0.717) is 0 Å². The Morgan fingerprint density at radius 3 is 3.00 bits per heavy atom. The van der Waals surface area contributed by atoms with Gasteiger partial charge in [0.2, 0.25) is 0 Å². The van der Waals surface area contributed by atoms with Gasteiger partial charge in [-0.2, -0.15) is 0 Å². The second kappa shape index (κ2) is 4.51. The summed E-state index contributed by atoms with van der Waals surface area (Å²) in [5.74, 6) is 0. The predicted molar refractivity (Wildman–Crippen MR) is 62.0 cm³/mol. The quantitative estimate of drug-likeness (QED) is 0.723. The van der Waals surface area contributed by atoms with Crippen LogP contribution in [0.25, 0.3) is 0 Å². The van der Waals surface area contributed by atoms with Crippen LogP contribution in [0.4, 0.5) is 4.79 Å². The fourth-order valence-corrected chi connectivity index (χ4v) is 2.17. The number of amides is 2. The summed E-state index contributed by atoms with van der Waals surface area (Å²) in [6.45, 7) is 0.844. The Hall–Kier alpha value is -1.58. The Bertz CT molecular complexity index is 364. The van der Waals surface area contributed by atoms with Crippen LogP contribution in [-0.2, 0) is 0 Å². The highest BCUT2D eigenvalue weighted by molar-refractivity contribution is 5.74. The molecular weight excluding hydrogens is 202 g/mol. The molecule has 1 saturated heterocycles. The van der Waals surface area contributed by atoms with Gasteiger partial charge in [-0.15, -0.1) is 0 Å². The molecular formula is C12H17N3O. The van der Waals surface area contributed by atoms with E-state index >= 15 is 0 Å². The van der Waals surface area contributed by atoms with E-state index in [1.54, 1.807) is 25.2 Å². The third-order valence-electron chi connectivity index (χ3n) is 2.95. The summed E-state index contributed by atoms with van der Waals surface area (Å²) in [5.41, 5.74) is 1.13. The Morgan fingerprint density at radius 1 is 1.56 bits per heavy atom. The molecule has 0 N–H and O–H groups in total. The van der Waals surface area contributed by atoms with Crippen LogP contribution in [0.1, 0.15) is 24.4 Å². The zero-order valence-electron chi connectivity index (χ0n) is 9.76. The van der Waals surface area contributed by atoms with Crippen molar-refractivity contribution in [3.63, 3.8) is 0 Å². The highest BCUT2D eigenvalue weighted by atomic mass is 16.2. The number of rotatable bonds is 1. The molecule has 4 heteroatoms. The van der Waals surface area contributed by atoms with E-state index < -0.39 is 0 Å². The van der Waals surface area contributed by atoms with Crippen LogP contribution in [0.15, 0.2) is 24.5 Å². The van der Waals surface area contributed by atoms with Gasteiger partial charge in [0.15, 0.2) is 0 Å². The average Bonchev–Trinajstić information content (AvgIpc) is 2.77. The van der Waals surface area contributed by atoms with Crippen molar-refractivity contribution in [3.8, 4) is 0 Å². The zero-order chi connectivity index (χ0) is 11.5. The monoisotopic (exact) mass is 219 g/mol. The Kier molecular flexibility index (Phi) is 3.08. The van der Waals surface area contributed by atoms with Crippen LogP contribution in [0, 0.1) is 0 Å². The predicted octanol–water partition coefficient (Wildman–Crippen LogP) is 1.90. The van der Waals surface area contributed by atoms with Crippen LogP contribution in [0.3, 0.4) is 0 Å². The molecule has 1 atom stereocenters. The molecule has 2 amide bonds. The molecule has 2 rings (SSSR count). The standard InChI is InChI=1S/C12H17N3O/c1-14(2)12(16)15-8-4-6-11(15)10-5-3-7-13-9-10/h3,5,7,9,11H,4,6,8H2,1-2H3. The van der Waals surface area contributed by atoms with Gasteiger partial charge in [0.25, 0.3) is 0 Å². The molecule has 2 heterocycles. The minimum atomic E-state index is 0.0892. The van der Waals surface area contributed by atoms with Crippen molar-refractivity contribution in [2.45, 2.75) is 18.9 Å². The first-order valence-corrected chi connectivity index (χ1v) is 5.58. The summed E-state index contributed by atoms with van der Waals surface area (Å²) in [4.78, 5) is 19.6. The number of hydrogen-bond acceptors (Lipinski definition) is 2. The third-order valence-corrected chi connectivity index (χ3v) is 2.95. The van der Waals surface area contributed by atoms with Gasteiger partial charge in [-0.3, -0.25) is 4.98 Å². The first kappa shape index (κ1) is 10.9. The fourth-order valence-electron chi connectivity index (χ4n) is 2.17. The van der Waals surface area contributed by atoms with Gasteiger partial charge in [0.05, 0.1) is 6.04 Å². The maximum atomic E-state index is 12.0. The number of hydrogen-bond donors (Lipinski definition) is 0. The normalized spacial score (nSPS) is 19.9. The van der Waals surface area contributed by atoms with Crippen LogP contribution in [0.5, 0.6) is 0 Å². The highest BCUT2D eigenvalue weighted by Crippen LogP contribution is 2.31. The molecule has 0 aromatic carbocycles. The molecule has 1 aromatic heterocycles. The van der Waals surface area contributed by atoms with E-state index in [-0.39, 0.29) is 12.1 Å². The summed E-state index contributed by atoms with van der Waals surface area (Å²) in [6, 6.07) is 4.25. The maximum absolute atomic E-state index is 12.0. The largest absolute Gasteiger partial charge is 0.331 e. The van der Waals surface area contributed by atoms with E-state index in [9.17, 15) is 4.79 Å². The van der Waals surface area contributed by atoms with Crippen molar-refractivity contribution in [2.24, 2.45) is 0 Å². The SMILES string of the molecule is CN(C)C(=O)N1CCCC1c1cccnc1. The zero-order valence-corrected chi connectivity index (χ0v) is 9.76. The molecule has 0 saturated carbocycles. The van der Waals surface area contributed by atoms with Gasteiger partial charge in [-0.1, -0.05) is 6.07 Å². The number of carbonyl (C=O) groups excluding carboxylic acids is 1. The molecule has 86 valence electrons. The van der Waals surface area contributed by atoms with E-state index in [4.69, 9.17) is 0 Å². The minimum Gasteiger partial charge on any atom is -0.331 e. The molecule has 0 aliphatic carbocycles. The van der Waals surface area contributed by atoms with Crippen molar-refractivity contribution in [1.29, 1.82) is 0 Å². The molecule has 1 fully saturated rings. The highest BCUT2D eigenvalue weighted by Gasteiger charge is 2.30. The summed E-state index contributed by atoms with van der Waals surface area (Å²) >= 11 is 0. The number of pyridine rings is 1. The van der Waals surface area contributed by atoms with Gasteiger partial charge in [0, 0.05) is 33.0 Å². The Balaban J connectivity index is 2.19. The number of carbonyl (C=O) groups is 1. The van der Waals surface area contributed by atoms with E-state index in [1.165, 1.54) is 0 Å². The lowest BCUT2D eigenvalue weighted by atomic mass is 10.1. The molecule has 16 heavy (non-hydrogen) atoms. The minimum absolute atomic E-state index is 0.0892. The lowest BCUT2D eigenvalue weighted by molar-refractivity contribution is 0.166. The first-order valence-electron chi connectivity index (χ1n) is 5.58. The van der Waals surface area contributed by atoms with E-state index in [1.807, 2.05) is 23.2 Å². The van der Waals surface area contributed by atoms with Crippen molar-refractivity contribution in [2.75, 3.05) is 20.6 Å². The summed E-state index contributed by atoms with van der Waals surface area (Å²) in [7, 11) is 3.59. The fraction of sp³-hybridized carbons (Fsp3) is 0.500. The summed E-state index contributed by atoms with van der Waals surface area (Å²) in [6.07, 6.45) is 5.72. The molecule has 1 aromatic rings. The van der Waals surface area contributed by atoms with Gasteiger partial charge < -0.3 is 9.80 Å². The molecule has 4 nitrogen and oxygen atoms in total. The van der Waals surface area contributed by atoms with E-state index in [0.717, 1.165) is 24.9 Å². The lowest BCUT2D eigenvalue weighted by Gasteiger charge is -2.27. The Labute approximate surface area is 95.9 Å². The smallest absolute Gasteiger partial charge is 0.319 e. The third kappa shape index (κ3) is 2.01. The molecule has 1 aliphatic rings. The van der Waals surface area contributed by atoms with Crippen molar-refractivity contribution < 1.29 is 4.79 Å².